The lowest BCUT2D eigenvalue weighted by Crippen LogP contribution is -2.25. The number of para-hydroxylation sites is 1. The van der Waals surface area contributed by atoms with Crippen LogP contribution in [0.15, 0.2) is 68.9 Å². The number of benzene rings is 2. The van der Waals surface area contributed by atoms with Gasteiger partial charge in [0.1, 0.15) is 11.3 Å². The van der Waals surface area contributed by atoms with Gasteiger partial charge in [0.2, 0.25) is 0 Å². The highest BCUT2D eigenvalue weighted by molar-refractivity contribution is 5.87. The van der Waals surface area contributed by atoms with Crippen LogP contribution in [0.4, 0.5) is 0 Å². The van der Waals surface area contributed by atoms with Crippen molar-refractivity contribution in [1.82, 2.24) is 9.91 Å². The second-order valence-electron chi connectivity index (χ2n) is 8.63. The summed E-state index contributed by atoms with van der Waals surface area (Å²) in [7, 11) is 3.82. The van der Waals surface area contributed by atoms with E-state index in [0.29, 0.717) is 23.0 Å². The number of hydrazone groups is 1. The minimum atomic E-state index is -0.501. The number of fused-ring (bicyclic) bond motifs is 1. The van der Waals surface area contributed by atoms with Gasteiger partial charge in [-0.2, -0.15) is 5.10 Å². The van der Waals surface area contributed by atoms with Crippen LogP contribution < -0.4 is 5.63 Å². The fourth-order valence-corrected chi connectivity index (χ4v) is 4.53. The van der Waals surface area contributed by atoms with Gasteiger partial charge in [0.15, 0.2) is 0 Å². The summed E-state index contributed by atoms with van der Waals surface area (Å²) in [6.45, 7) is 3.21. The van der Waals surface area contributed by atoms with Crippen molar-refractivity contribution in [2.24, 2.45) is 5.10 Å². The molecule has 1 aromatic heterocycles. The number of aromatic hydroxyl groups is 1. The summed E-state index contributed by atoms with van der Waals surface area (Å²) in [4.78, 5) is 15.5. The van der Waals surface area contributed by atoms with Crippen LogP contribution in [0, 0.1) is 0 Å². The van der Waals surface area contributed by atoms with E-state index in [-0.39, 0.29) is 11.7 Å². The monoisotopic (exact) mass is 433 g/mol. The van der Waals surface area contributed by atoms with Gasteiger partial charge in [0, 0.05) is 38.7 Å². The van der Waals surface area contributed by atoms with Crippen molar-refractivity contribution in [3.63, 3.8) is 0 Å². The van der Waals surface area contributed by atoms with Crippen LogP contribution in [0.3, 0.4) is 0 Å². The van der Waals surface area contributed by atoms with E-state index in [9.17, 15) is 9.90 Å². The first-order chi connectivity index (χ1) is 15.5. The molecule has 6 heteroatoms. The minimum Gasteiger partial charge on any atom is -0.507 e. The van der Waals surface area contributed by atoms with Crippen molar-refractivity contribution >= 4 is 16.7 Å². The standard InChI is InChI=1S/C26H31N3O3/c1-28(2)27-20(14-17-29-15-8-9-16-29)18-22(19-10-4-3-5-11-19)24-25(30)21-12-6-7-13-23(21)32-26(24)31/h3-7,10-13,22,30H,8-9,14-18H2,1-2H3/b27-20+/t22-/m0/s1. The highest BCUT2D eigenvalue weighted by Gasteiger charge is 2.26. The summed E-state index contributed by atoms with van der Waals surface area (Å²) < 4.78 is 5.61. The van der Waals surface area contributed by atoms with E-state index in [4.69, 9.17) is 9.52 Å². The van der Waals surface area contributed by atoms with Crippen LogP contribution in [0.5, 0.6) is 5.75 Å². The van der Waals surface area contributed by atoms with Crippen molar-refractivity contribution in [2.75, 3.05) is 33.7 Å². The molecule has 1 fully saturated rings. The molecule has 0 radical (unpaired) electrons. The van der Waals surface area contributed by atoms with Gasteiger partial charge in [-0.15, -0.1) is 0 Å². The molecule has 3 aromatic rings. The zero-order chi connectivity index (χ0) is 22.5. The summed E-state index contributed by atoms with van der Waals surface area (Å²) in [6.07, 6.45) is 3.85. The molecule has 0 saturated carbocycles. The Balaban J connectivity index is 1.74. The molecule has 32 heavy (non-hydrogen) atoms. The summed E-state index contributed by atoms with van der Waals surface area (Å²) in [5.41, 5.74) is 2.14. The van der Waals surface area contributed by atoms with Crippen molar-refractivity contribution in [3.8, 4) is 5.75 Å². The lowest BCUT2D eigenvalue weighted by Gasteiger charge is -2.22. The zero-order valence-corrected chi connectivity index (χ0v) is 18.8. The maximum Gasteiger partial charge on any atom is 0.343 e. The van der Waals surface area contributed by atoms with E-state index in [1.165, 1.54) is 12.8 Å². The first-order valence-corrected chi connectivity index (χ1v) is 11.3. The molecule has 0 aliphatic carbocycles. The van der Waals surface area contributed by atoms with Gasteiger partial charge in [-0.3, -0.25) is 0 Å². The predicted octanol–water partition coefficient (Wildman–Crippen LogP) is 4.42. The van der Waals surface area contributed by atoms with E-state index in [1.54, 1.807) is 18.2 Å². The van der Waals surface area contributed by atoms with Crippen LogP contribution in [0.25, 0.3) is 11.0 Å². The third kappa shape index (κ3) is 5.02. The maximum absolute atomic E-state index is 13.1. The van der Waals surface area contributed by atoms with Crippen LogP contribution in [0.1, 0.15) is 42.7 Å². The molecule has 1 aliphatic heterocycles. The first-order valence-electron chi connectivity index (χ1n) is 11.3. The Morgan fingerprint density at radius 1 is 1.09 bits per heavy atom. The number of rotatable bonds is 8. The van der Waals surface area contributed by atoms with Crippen molar-refractivity contribution < 1.29 is 9.52 Å². The molecular formula is C26H31N3O3. The Bertz CT molecular complexity index is 1130. The molecule has 2 heterocycles. The SMILES string of the molecule is CN(C)/N=C(\CCN1CCCC1)C[C@@H](c1ccccc1)c1c(O)c2ccccc2oc1=O. The fraction of sp³-hybridized carbons (Fsp3) is 0.385. The minimum absolute atomic E-state index is 0.00514. The molecule has 1 N–H and O–H groups in total. The predicted molar refractivity (Wildman–Crippen MR) is 128 cm³/mol. The summed E-state index contributed by atoms with van der Waals surface area (Å²) in [5, 5.41) is 18.3. The zero-order valence-electron chi connectivity index (χ0n) is 18.8. The van der Waals surface area contributed by atoms with E-state index in [1.807, 2.05) is 55.5 Å². The van der Waals surface area contributed by atoms with Gasteiger partial charge in [-0.25, -0.2) is 4.79 Å². The quantitative estimate of drug-likeness (QED) is 0.323. The molecule has 1 atom stereocenters. The van der Waals surface area contributed by atoms with Crippen LogP contribution in [0.2, 0.25) is 0 Å². The van der Waals surface area contributed by atoms with Gasteiger partial charge >= 0.3 is 5.63 Å². The summed E-state index contributed by atoms with van der Waals surface area (Å²) in [6, 6.07) is 16.9. The van der Waals surface area contributed by atoms with Crippen LogP contribution >= 0.6 is 0 Å². The fourth-order valence-electron chi connectivity index (χ4n) is 4.53. The van der Waals surface area contributed by atoms with Gasteiger partial charge in [-0.05, 0) is 50.0 Å². The molecule has 0 unspecified atom stereocenters. The average molecular weight is 434 g/mol. The van der Waals surface area contributed by atoms with Crippen molar-refractivity contribution in [1.29, 1.82) is 0 Å². The summed E-state index contributed by atoms with van der Waals surface area (Å²) >= 11 is 0. The topological polar surface area (TPSA) is 69.3 Å². The second kappa shape index (κ2) is 10.0. The van der Waals surface area contributed by atoms with E-state index in [0.717, 1.165) is 37.3 Å². The Labute approximate surface area is 188 Å². The Morgan fingerprint density at radius 2 is 1.78 bits per heavy atom. The van der Waals surface area contributed by atoms with Crippen molar-refractivity contribution in [3.05, 3.63) is 76.1 Å². The number of likely N-dealkylation sites (tertiary alicyclic amines) is 1. The molecule has 0 bridgehead atoms. The smallest absolute Gasteiger partial charge is 0.343 e. The second-order valence-corrected chi connectivity index (χ2v) is 8.63. The summed E-state index contributed by atoms with van der Waals surface area (Å²) in [5.74, 6) is -0.358. The average Bonchev–Trinajstić information content (AvgIpc) is 3.30. The number of nitrogens with zero attached hydrogens (tertiary/aromatic N) is 3. The molecule has 4 rings (SSSR count). The lowest BCUT2D eigenvalue weighted by atomic mass is 9.86. The molecule has 168 valence electrons. The maximum atomic E-state index is 13.1. The van der Waals surface area contributed by atoms with Gasteiger partial charge in [0.05, 0.1) is 10.9 Å². The molecule has 1 aliphatic rings. The molecule has 2 aromatic carbocycles. The third-order valence-electron chi connectivity index (χ3n) is 6.07. The molecule has 1 saturated heterocycles. The highest BCUT2D eigenvalue weighted by atomic mass is 16.4. The molecule has 0 amide bonds. The molecular weight excluding hydrogens is 402 g/mol. The normalized spacial score (nSPS) is 15.9. The lowest BCUT2D eigenvalue weighted by molar-refractivity contribution is 0.346. The van der Waals surface area contributed by atoms with Gasteiger partial charge < -0.3 is 19.4 Å². The Morgan fingerprint density at radius 3 is 2.50 bits per heavy atom. The molecule has 6 nitrogen and oxygen atoms in total. The third-order valence-corrected chi connectivity index (χ3v) is 6.07. The van der Waals surface area contributed by atoms with Crippen LogP contribution in [-0.2, 0) is 0 Å². The number of hydrogen-bond donors (Lipinski definition) is 1. The van der Waals surface area contributed by atoms with Crippen molar-refractivity contribution in [2.45, 2.75) is 31.6 Å². The van der Waals surface area contributed by atoms with Crippen LogP contribution in [-0.4, -0.2) is 54.5 Å². The Kier molecular flexibility index (Phi) is 6.90. The van der Waals surface area contributed by atoms with E-state index < -0.39 is 5.63 Å². The highest BCUT2D eigenvalue weighted by Crippen LogP contribution is 2.36. The molecule has 0 spiro atoms. The Hall–Kier alpha value is -3.12. The first kappa shape index (κ1) is 22.1. The largest absolute Gasteiger partial charge is 0.507 e. The van der Waals surface area contributed by atoms with Gasteiger partial charge in [0.25, 0.3) is 0 Å². The van der Waals surface area contributed by atoms with E-state index >= 15 is 0 Å². The van der Waals surface area contributed by atoms with Gasteiger partial charge in [-0.1, -0.05) is 42.5 Å². The van der Waals surface area contributed by atoms with E-state index in [2.05, 4.69) is 4.90 Å². The number of hydrogen-bond acceptors (Lipinski definition) is 6.